The normalized spacial score (nSPS) is 13.1. The molecule has 0 aliphatic rings. The van der Waals surface area contributed by atoms with E-state index in [0.29, 0.717) is 17.6 Å². The first-order valence-electron chi connectivity index (χ1n) is 5.41. The van der Waals surface area contributed by atoms with Crippen LogP contribution in [0.2, 0.25) is 0 Å². The maximum Gasteiger partial charge on any atom is 0.236 e. The second kappa shape index (κ2) is 6.03. The number of carbonyl (C=O) groups excluding carboxylic acids is 1. The first-order valence-corrected chi connectivity index (χ1v) is 6.56. The highest BCUT2D eigenvalue weighted by Gasteiger charge is 2.18. The first-order chi connectivity index (χ1) is 7.50. The summed E-state index contributed by atoms with van der Waals surface area (Å²) < 4.78 is 5.05. The van der Waals surface area contributed by atoms with Crippen molar-refractivity contribution in [2.45, 2.75) is 39.4 Å². The molecule has 1 aromatic rings. The molecule has 0 amide bonds. The van der Waals surface area contributed by atoms with Gasteiger partial charge in [-0.15, -0.1) is 0 Å². The lowest BCUT2D eigenvalue weighted by molar-refractivity contribution is -0.118. The lowest BCUT2D eigenvalue weighted by Gasteiger charge is -2.01. The Kier molecular flexibility index (Phi) is 4.99. The van der Waals surface area contributed by atoms with Crippen LogP contribution >= 0.6 is 11.8 Å². The van der Waals surface area contributed by atoms with Gasteiger partial charge in [-0.05, 0) is 25.5 Å². The topological polar surface area (TPSA) is 56.0 Å². The van der Waals surface area contributed by atoms with Gasteiger partial charge in [0.05, 0.1) is 11.7 Å². The summed E-state index contributed by atoms with van der Waals surface area (Å²) >= 11 is 1.78. The predicted molar refractivity (Wildman–Crippen MR) is 64.4 cm³/mol. The molecule has 0 saturated heterocycles. The second-order valence-electron chi connectivity index (χ2n) is 4.29. The van der Waals surface area contributed by atoms with Crippen LogP contribution in [-0.2, 0) is 10.5 Å². The van der Waals surface area contributed by atoms with E-state index in [9.17, 15) is 4.79 Å². The summed E-state index contributed by atoms with van der Waals surface area (Å²) in [6.07, 6.45) is 0. The third-order valence-electron chi connectivity index (χ3n) is 2.15. The van der Waals surface area contributed by atoms with Gasteiger partial charge >= 0.3 is 0 Å². The fourth-order valence-electron chi connectivity index (χ4n) is 1.06. The third kappa shape index (κ3) is 3.96. The monoisotopic (exact) mass is 242 g/mol. The van der Waals surface area contributed by atoms with Crippen molar-refractivity contribution >= 4 is 17.5 Å². The average molecular weight is 242 g/mol. The highest BCUT2D eigenvalue weighted by atomic mass is 32.2. The molecule has 90 valence electrons. The number of nitrogens with zero attached hydrogens (tertiary/aromatic N) is 2. The van der Waals surface area contributed by atoms with Crippen LogP contribution in [-0.4, -0.2) is 21.7 Å². The molecule has 0 spiro atoms. The number of aromatic nitrogens is 2. The highest BCUT2D eigenvalue weighted by Crippen LogP contribution is 2.17. The fourth-order valence-corrected chi connectivity index (χ4v) is 1.95. The van der Waals surface area contributed by atoms with E-state index in [4.69, 9.17) is 4.52 Å². The van der Waals surface area contributed by atoms with Crippen LogP contribution in [0.15, 0.2) is 4.52 Å². The van der Waals surface area contributed by atoms with Gasteiger partial charge < -0.3 is 4.52 Å². The summed E-state index contributed by atoms with van der Waals surface area (Å²) in [6, 6.07) is 0. The molecule has 16 heavy (non-hydrogen) atoms. The van der Waals surface area contributed by atoms with Gasteiger partial charge in [0.15, 0.2) is 5.82 Å². The number of ketones is 1. The SMILES string of the molecule is CC(=O)C(C)c1nc(CSCC(C)C)no1. The van der Waals surface area contributed by atoms with E-state index in [2.05, 4.69) is 24.0 Å². The molecular weight excluding hydrogens is 224 g/mol. The number of rotatable bonds is 6. The standard InChI is InChI=1S/C11H18N2O2S/c1-7(2)5-16-6-10-12-11(15-13-10)8(3)9(4)14/h7-8H,5-6H2,1-4H3. The maximum atomic E-state index is 11.1. The largest absolute Gasteiger partial charge is 0.339 e. The smallest absolute Gasteiger partial charge is 0.236 e. The Morgan fingerprint density at radius 1 is 1.44 bits per heavy atom. The van der Waals surface area contributed by atoms with Gasteiger partial charge in [0.2, 0.25) is 5.89 Å². The molecule has 1 rings (SSSR count). The van der Waals surface area contributed by atoms with Crippen LogP contribution in [0.3, 0.4) is 0 Å². The Bertz CT molecular complexity index is 350. The Morgan fingerprint density at radius 2 is 2.12 bits per heavy atom. The van der Waals surface area contributed by atoms with Crippen molar-refractivity contribution in [1.29, 1.82) is 0 Å². The van der Waals surface area contributed by atoms with E-state index >= 15 is 0 Å². The van der Waals surface area contributed by atoms with Crippen LogP contribution in [0, 0.1) is 5.92 Å². The van der Waals surface area contributed by atoms with Crippen LogP contribution in [0.5, 0.6) is 0 Å². The van der Waals surface area contributed by atoms with Gasteiger partial charge in [0.1, 0.15) is 5.78 Å². The Labute approximate surface area is 100 Å². The van der Waals surface area contributed by atoms with Gasteiger partial charge in [0.25, 0.3) is 0 Å². The van der Waals surface area contributed by atoms with Crippen molar-refractivity contribution in [2.24, 2.45) is 5.92 Å². The molecule has 1 unspecified atom stereocenters. The highest BCUT2D eigenvalue weighted by molar-refractivity contribution is 7.98. The Hall–Kier alpha value is -0.840. The van der Waals surface area contributed by atoms with E-state index in [0.717, 1.165) is 11.5 Å². The van der Waals surface area contributed by atoms with Gasteiger partial charge in [-0.1, -0.05) is 19.0 Å². The molecule has 1 atom stereocenters. The molecule has 5 heteroatoms. The van der Waals surface area contributed by atoms with Crippen LogP contribution in [0.1, 0.15) is 45.3 Å². The van der Waals surface area contributed by atoms with Crippen LogP contribution < -0.4 is 0 Å². The Balaban J connectivity index is 2.48. The maximum absolute atomic E-state index is 11.1. The van der Waals surface area contributed by atoms with Crippen molar-refractivity contribution < 1.29 is 9.32 Å². The molecule has 1 heterocycles. The Morgan fingerprint density at radius 3 is 2.69 bits per heavy atom. The molecule has 4 nitrogen and oxygen atoms in total. The fraction of sp³-hybridized carbons (Fsp3) is 0.727. The minimum Gasteiger partial charge on any atom is -0.339 e. The van der Waals surface area contributed by atoms with Crippen molar-refractivity contribution in [2.75, 3.05) is 5.75 Å². The number of thioether (sulfide) groups is 1. The van der Waals surface area contributed by atoms with E-state index in [1.807, 2.05) is 0 Å². The number of carbonyl (C=O) groups is 1. The molecule has 0 fully saturated rings. The first kappa shape index (κ1) is 13.2. The molecule has 0 saturated carbocycles. The number of Topliss-reactive ketones (excluding diaryl/α,β-unsaturated/α-hetero) is 1. The summed E-state index contributed by atoms with van der Waals surface area (Å²) in [5, 5.41) is 3.86. The van der Waals surface area contributed by atoms with E-state index in [1.165, 1.54) is 6.92 Å². The van der Waals surface area contributed by atoms with Gasteiger partial charge in [0, 0.05) is 0 Å². The summed E-state index contributed by atoms with van der Waals surface area (Å²) in [5.41, 5.74) is 0. The molecule has 0 N–H and O–H groups in total. The quantitative estimate of drug-likeness (QED) is 0.767. The van der Waals surface area contributed by atoms with Crippen LogP contribution in [0.4, 0.5) is 0 Å². The molecule has 0 bridgehead atoms. The third-order valence-corrected chi connectivity index (χ3v) is 3.51. The van der Waals surface area contributed by atoms with Crippen molar-refractivity contribution in [1.82, 2.24) is 10.1 Å². The zero-order chi connectivity index (χ0) is 12.1. The summed E-state index contributed by atoms with van der Waals surface area (Å²) in [6.45, 7) is 7.65. The lowest BCUT2D eigenvalue weighted by atomic mass is 10.1. The zero-order valence-electron chi connectivity index (χ0n) is 10.2. The molecule has 0 radical (unpaired) electrons. The van der Waals surface area contributed by atoms with E-state index in [1.54, 1.807) is 18.7 Å². The lowest BCUT2D eigenvalue weighted by Crippen LogP contribution is -2.04. The number of hydrogen-bond donors (Lipinski definition) is 0. The van der Waals surface area contributed by atoms with E-state index in [-0.39, 0.29) is 11.7 Å². The minimum atomic E-state index is -0.295. The predicted octanol–water partition coefficient (Wildman–Crippen LogP) is 2.65. The summed E-state index contributed by atoms with van der Waals surface area (Å²) in [4.78, 5) is 15.3. The molecule has 1 aromatic heterocycles. The molecule has 0 aliphatic heterocycles. The molecular formula is C11H18N2O2S. The summed E-state index contributed by atoms with van der Waals surface area (Å²) in [5.74, 6) is 3.33. The minimum absolute atomic E-state index is 0.0463. The number of hydrogen-bond acceptors (Lipinski definition) is 5. The summed E-state index contributed by atoms with van der Waals surface area (Å²) in [7, 11) is 0. The second-order valence-corrected chi connectivity index (χ2v) is 5.32. The zero-order valence-corrected chi connectivity index (χ0v) is 11.0. The molecule has 0 aromatic carbocycles. The van der Waals surface area contributed by atoms with Gasteiger partial charge in [-0.2, -0.15) is 16.7 Å². The van der Waals surface area contributed by atoms with Crippen molar-refractivity contribution in [3.8, 4) is 0 Å². The van der Waals surface area contributed by atoms with Crippen molar-refractivity contribution in [3.05, 3.63) is 11.7 Å². The van der Waals surface area contributed by atoms with Gasteiger partial charge in [-0.3, -0.25) is 4.79 Å². The van der Waals surface area contributed by atoms with Gasteiger partial charge in [-0.25, -0.2) is 0 Å². The molecule has 0 aliphatic carbocycles. The van der Waals surface area contributed by atoms with Crippen molar-refractivity contribution in [3.63, 3.8) is 0 Å². The van der Waals surface area contributed by atoms with Crippen LogP contribution in [0.25, 0.3) is 0 Å². The van der Waals surface area contributed by atoms with E-state index < -0.39 is 0 Å². The average Bonchev–Trinajstić information content (AvgIpc) is 2.64.